The lowest BCUT2D eigenvalue weighted by Gasteiger charge is -2.14. The number of hydrogen-bond acceptors (Lipinski definition) is 4. The lowest BCUT2D eigenvalue weighted by molar-refractivity contribution is -0.146. The minimum atomic E-state index is -0.786. The molecule has 17 heavy (non-hydrogen) atoms. The van der Waals surface area contributed by atoms with Crippen molar-refractivity contribution < 1.29 is 19.1 Å². The van der Waals surface area contributed by atoms with Gasteiger partial charge in [0.05, 0.1) is 0 Å². The number of amides is 2. The Morgan fingerprint density at radius 2 is 2.12 bits per heavy atom. The molecule has 0 spiro atoms. The van der Waals surface area contributed by atoms with Gasteiger partial charge in [0.15, 0.2) is 6.61 Å². The van der Waals surface area contributed by atoms with Gasteiger partial charge in [0.2, 0.25) is 5.91 Å². The first-order valence-electron chi connectivity index (χ1n) is 5.13. The Bertz CT molecular complexity index is 333. The molecule has 0 aliphatic heterocycles. The van der Waals surface area contributed by atoms with Crippen LogP contribution < -0.4 is 11.1 Å². The van der Waals surface area contributed by atoms with E-state index in [1.165, 1.54) is 6.92 Å². The van der Waals surface area contributed by atoms with Crippen molar-refractivity contribution in [1.82, 2.24) is 5.32 Å². The van der Waals surface area contributed by atoms with Gasteiger partial charge in [-0.3, -0.25) is 14.4 Å². The molecule has 0 aromatic rings. The summed E-state index contributed by atoms with van der Waals surface area (Å²) in [6.45, 7) is 0.764. The van der Waals surface area contributed by atoms with Gasteiger partial charge < -0.3 is 15.8 Å². The van der Waals surface area contributed by atoms with Crippen molar-refractivity contribution in [3.63, 3.8) is 0 Å². The molecule has 0 fully saturated rings. The Morgan fingerprint density at radius 1 is 1.47 bits per heavy atom. The summed E-state index contributed by atoms with van der Waals surface area (Å²) in [6, 6.07) is -0.786. The summed E-state index contributed by atoms with van der Waals surface area (Å²) in [5.41, 5.74) is 5.11. The Kier molecular flexibility index (Phi) is 7.19. The third kappa shape index (κ3) is 7.85. The summed E-state index contributed by atoms with van der Waals surface area (Å²) < 4.78 is 4.47. The first kappa shape index (κ1) is 15.0. The second-order valence-electron chi connectivity index (χ2n) is 3.40. The van der Waals surface area contributed by atoms with Crippen LogP contribution in [0.5, 0.6) is 0 Å². The van der Waals surface area contributed by atoms with E-state index in [-0.39, 0.29) is 0 Å². The van der Waals surface area contributed by atoms with Crippen molar-refractivity contribution in [1.29, 1.82) is 0 Å². The Labute approximate surface area is 99.9 Å². The van der Waals surface area contributed by atoms with Crippen LogP contribution in [0.3, 0.4) is 0 Å². The molecule has 6 heteroatoms. The second kappa shape index (κ2) is 8.16. The van der Waals surface area contributed by atoms with Gasteiger partial charge in [-0.25, -0.2) is 0 Å². The van der Waals surface area contributed by atoms with Gasteiger partial charge in [0.25, 0.3) is 5.91 Å². The summed E-state index contributed by atoms with van der Waals surface area (Å²) in [5.74, 6) is 0.649. The summed E-state index contributed by atoms with van der Waals surface area (Å²) in [6.07, 6.45) is 6.51. The molecule has 0 heterocycles. The van der Waals surface area contributed by atoms with Gasteiger partial charge in [0.1, 0.15) is 6.04 Å². The van der Waals surface area contributed by atoms with E-state index in [1.54, 1.807) is 0 Å². The van der Waals surface area contributed by atoms with Crippen molar-refractivity contribution >= 4 is 17.8 Å². The van der Waals surface area contributed by atoms with Crippen LogP contribution in [-0.2, 0) is 19.1 Å². The van der Waals surface area contributed by atoms with Crippen LogP contribution >= 0.6 is 0 Å². The number of carbonyl (C=O) groups is 3. The van der Waals surface area contributed by atoms with Gasteiger partial charge in [-0.2, -0.15) is 0 Å². The Morgan fingerprint density at radius 3 is 2.59 bits per heavy atom. The number of primary amides is 1. The van der Waals surface area contributed by atoms with E-state index in [0.717, 1.165) is 0 Å². The molecule has 0 saturated heterocycles. The van der Waals surface area contributed by atoms with E-state index in [4.69, 9.17) is 12.2 Å². The molecule has 0 radical (unpaired) electrons. The average molecular weight is 240 g/mol. The van der Waals surface area contributed by atoms with E-state index >= 15 is 0 Å². The molecular formula is C11H16N2O4. The van der Waals surface area contributed by atoms with Gasteiger partial charge >= 0.3 is 5.97 Å². The molecule has 1 atom stereocenters. The number of hydrogen-bond donors (Lipinski definition) is 2. The lowest BCUT2D eigenvalue weighted by Crippen LogP contribution is -2.45. The number of nitrogens with two attached hydrogens (primary N) is 1. The highest BCUT2D eigenvalue weighted by atomic mass is 16.5. The van der Waals surface area contributed by atoms with Crippen molar-refractivity contribution in [3.05, 3.63) is 0 Å². The fourth-order valence-corrected chi connectivity index (χ4v) is 1.10. The number of rotatable bonds is 7. The van der Waals surface area contributed by atoms with E-state index in [1.807, 2.05) is 0 Å². The molecule has 6 nitrogen and oxygen atoms in total. The zero-order chi connectivity index (χ0) is 13.3. The zero-order valence-electron chi connectivity index (χ0n) is 9.69. The number of esters is 1. The molecule has 2 amide bonds. The first-order chi connectivity index (χ1) is 7.97. The van der Waals surface area contributed by atoms with E-state index < -0.39 is 30.4 Å². The number of unbranched alkanes of at least 4 members (excludes halogenated alkanes) is 1. The average Bonchev–Trinajstić information content (AvgIpc) is 2.25. The molecule has 3 N–H and O–H groups in total. The van der Waals surface area contributed by atoms with Gasteiger partial charge in [-0.1, -0.05) is 0 Å². The molecule has 0 aromatic heterocycles. The van der Waals surface area contributed by atoms with Crippen molar-refractivity contribution in [2.75, 3.05) is 6.61 Å². The third-order valence-corrected chi connectivity index (χ3v) is 1.90. The maximum Gasteiger partial charge on any atom is 0.303 e. The number of carbonyl (C=O) groups excluding carboxylic acids is 3. The number of ether oxygens (including phenoxy) is 1. The van der Waals surface area contributed by atoms with E-state index in [9.17, 15) is 14.4 Å². The normalized spacial score (nSPS) is 11.1. The number of nitrogens with one attached hydrogen (secondary N) is 1. The molecule has 0 unspecified atom stereocenters. The van der Waals surface area contributed by atoms with Gasteiger partial charge in [-0.15, -0.1) is 12.3 Å². The molecule has 0 saturated carbocycles. The first-order valence-corrected chi connectivity index (χ1v) is 5.13. The molecule has 0 rings (SSSR count). The van der Waals surface area contributed by atoms with E-state index in [0.29, 0.717) is 19.3 Å². The highest BCUT2D eigenvalue weighted by molar-refractivity contribution is 5.87. The van der Waals surface area contributed by atoms with Crippen molar-refractivity contribution in [3.8, 4) is 12.3 Å². The Hall–Kier alpha value is -2.03. The van der Waals surface area contributed by atoms with Crippen LogP contribution in [0, 0.1) is 12.3 Å². The summed E-state index contributed by atoms with van der Waals surface area (Å²) in [5, 5.41) is 2.37. The SMILES string of the molecule is C#CCCC[C@@H](NC(=O)COC(C)=O)C(N)=O. The highest BCUT2D eigenvalue weighted by Crippen LogP contribution is 2.00. The van der Waals surface area contributed by atoms with Crippen LogP contribution in [0.1, 0.15) is 26.2 Å². The van der Waals surface area contributed by atoms with Crippen LogP contribution in [0.4, 0.5) is 0 Å². The van der Waals surface area contributed by atoms with Gasteiger partial charge in [-0.05, 0) is 12.8 Å². The maximum atomic E-state index is 11.3. The second-order valence-corrected chi connectivity index (χ2v) is 3.40. The summed E-state index contributed by atoms with van der Waals surface area (Å²) >= 11 is 0. The largest absolute Gasteiger partial charge is 0.456 e. The predicted molar refractivity (Wildman–Crippen MR) is 60.4 cm³/mol. The van der Waals surface area contributed by atoms with Crippen LogP contribution in [0.2, 0.25) is 0 Å². The lowest BCUT2D eigenvalue weighted by atomic mass is 10.1. The highest BCUT2D eigenvalue weighted by Gasteiger charge is 2.17. The minimum Gasteiger partial charge on any atom is -0.456 e. The number of terminal acetylenes is 1. The standard InChI is InChI=1S/C11H16N2O4/c1-3-4-5-6-9(11(12)16)13-10(15)7-17-8(2)14/h1,9H,4-7H2,2H3,(H2,12,16)(H,13,15)/t9-/m1/s1. The third-order valence-electron chi connectivity index (χ3n) is 1.90. The molecule has 0 aromatic carbocycles. The Balaban J connectivity index is 4.07. The molecule has 94 valence electrons. The fraction of sp³-hybridized carbons (Fsp3) is 0.545. The van der Waals surface area contributed by atoms with Gasteiger partial charge in [0, 0.05) is 13.3 Å². The quantitative estimate of drug-likeness (QED) is 0.350. The van der Waals surface area contributed by atoms with Crippen molar-refractivity contribution in [2.24, 2.45) is 5.73 Å². The van der Waals surface area contributed by atoms with Crippen molar-refractivity contribution in [2.45, 2.75) is 32.2 Å². The molecule has 0 aliphatic carbocycles. The monoisotopic (exact) mass is 240 g/mol. The van der Waals surface area contributed by atoms with E-state index in [2.05, 4.69) is 16.0 Å². The maximum absolute atomic E-state index is 11.3. The minimum absolute atomic E-state index is 0.366. The molecular weight excluding hydrogens is 224 g/mol. The zero-order valence-corrected chi connectivity index (χ0v) is 9.69. The van der Waals surface area contributed by atoms with Crippen LogP contribution in [0.25, 0.3) is 0 Å². The van der Waals surface area contributed by atoms with Crippen LogP contribution in [0.15, 0.2) is 0 Å². The fourth-order valence-electron chi connectivity index (χ4n) is 1.10. The smallest absolute Gasteiger partial charge is 0.303 e. The molecule has 0 bridgehead atoms. The topological polar surface area (TPSA) is 98.5 Å². The summed E-state index contributed by atoms with van der Waals surface area (Å²) in [7, 11) is 0. The molecule has 0 aliphatic rings. The van der Waals surface area contributed by atoms with Crippen LogP contribution in [-0.4, -0.2) is 30.4 Å². The summed E-state index contributed by atoms with van der Waals surface area (Å²) in [4.78, 5) is 32.7. The predicted octanol–water partition coefficient (Wildman–Crippen LogP) is -0.677.